The maximum atomic E-state index is 12.1. The van der Waals surface area contributed by atoms with Crippen molar-refractivity contribution in [3.63, 3.8) is 0 Å². The minimum absolute atomic E-state index is 0.0750. The van der Waals surface area contributed by atoms with Gasteiger partial charge in [-0.3, -0.25) is 0 Å². The molecule has 5 nitrogen and oxygen atoms in total. The van der Waals surface area contributed by atoms with Gasteiger partial charge < -0.3 is 10.2 Å². The maximum absolute atomic E-state index is 12.1. The van der Waals surface area contributed by atoms with Gasteiger partial charge in [0.15, 0.2) is 4.67 Å². The molecule has 20 heavy (non-hydrogen) atoms. The summed E-state index contributed by atoms with van der Waals surface area (Å²) in [7, 11) is -3.60. The first-order valence-corrected chi connectivity index (χ1v) is 8.32. The van der Waals surface area contributed by atoms with E-state index >= 15 is 0 Å². The first-order valence-electron chi connectivity index (χ1n) is 6.05. The zero-order valence-corrected chi connectivity index (χ0v) is 13.1. The Morgan fingerprint density at radius 1 is 1.25 bits per heavy atom. The van der Waals surface area contributed by atoms with Crippen LogP contribution in [0.2, 0.25) is 0 Å². The highest BCUT2D eigenvalue weighted by molar-refractivity contribution is 9.10. The lowest BCUT2D eigenvalue weighted by molar-refractivity contribution is 0.483. The minimum Gasteiger partial charge on any atom is -0.452 e. The molecule has 0 aliphatic heterocycles. The smallest absolute Gasteiger partial charge is 0.244 e. The lowest BCUT2D eigenvalue weighted by Crippen LogP contribution is -2.25. The van der Waals surface area contributed by atoms with Gasteiger partial charge in [0.1, 0.15) is 10.7 Å². The normalized spacial score (nSPS) is 11.7. The number of nitrogens with two attached hydrogens (primary N) is 1. The Hall–Kier alpha value is -1.15. The number of rotatable bonds is 6. The van der Waals surface area contributed by atoms with E-state index in [0.717, 1.165) is 5.56 Å². The summed E-state index contributed by atoms with van der Waals surface area (Å²) in [6.45, 7) is 0.472. The van der Waals surface area contributed by atoms with Crippen LogP contribution in [-0.2, 0) is 23.0 Å². The Bertz CT molecular complexity index is 668. The molecule has 2 aromatic rings. The Morgan fingerprint density at radius 2 is 1.95 bits per heavy atom. The van der Waals surface area contributed by atoms with E-state index in [1.54, 1.807) is 0 Å². The van der Waals surface area contributed by atoms with Crippen molar-refractivity contribution in [1.29, 1.82) is 0 Å². The molecule has 3 N–H and O–H groups in total. The molecule has 0 saturated heterocycles. The fourth-order valence-corrected chi connectivity index (χ4v) is 3.76. The first-order chi connectivity index (χ1) is 9.53. The average molecular weight is 359 g/mol. The predicted molar refractivity (Wildman–Crippen MR) is 79.6 cm³/mol. The van der Waals surface area contributed by atoms with E-state index < -0.39 is 10.0 Å². The van der Waals surface area contributed by atoms with Crippen molar-refractivity contribution in [3.05, 3.63) is 52.4 Å². The fourth-order valence-electron chi connectivity index (χ4n) is 1.73. The van der Waals surface area contributed by atoms with Gasteiger partial charge in [-0.2, -0.15) is 0 Å². The Labute approximate surface area is 126 Å². The van der Waals surface area contributed by atoms with Crippen LogP contribution in [0.5, 0.6) is 0 Å². The van der Waals surface area contributed by atoms with Crippen LogP contribution < -0.4 is 10.5 Å². The number of halogens is 1. The highest BCUT2D eigenvalue weighted by Crippen LogP contribution is 2.25. The van der Waals surface area contributed by atoms with Crippen LogP contribution in [0, 0.1) is 0 Å². The summed E-state index contributed by atoms with van der Waals surface area (Å²) in [5.41, 5.74) is 6.49. The second-order valence-corrected chi connectivity index (χ2v) is 6.64. The second kappa shape index (κ2) is 6.53. The molecular formula is C13H15BrN2O3S. The SMILES string of the molecule is NCc1cc(S(=O)(=O)NCCc2ccccc2)c(Br)o1. The minimum atomic E-state index is -3.60. The second-order valence-electron chi connectivity index (χ2n) is 4.19. The van der Waals surface area contributed by atoms with E-state index in [-0.39, 0.29) is 16.1 Å². The number of furan rings is 1. The van der Waals surface area contributed by atoms with Crippen LogP contribution in [0.1, 0.15) is 11.3 Å². The summed E-state index contributed by atoms with van der Waals surface area (Å²) in [4.78, 5) is 0.0750. The third-order valence-corrected chi connectivity index (χ3v) is 5.06. The van der Waals surface area contributed by atoms with Gasteiger partial charge in [0.05, 0.1) is 6.54 Å². The first kappa shape index (κ1) is 15.2. The molecule has 1 aromatic carbocycles. The van der Waals surface area contributed by atoms with Gasteiger partial charge in [-0.1, -0.05) is 30.3 Å². The number of benzene rings is 1. The molecule has 0 spiro atoms. The van der Waals surface area contributed by atoms with Crippen LogP contribution in [0.4, 0.5) is 0 Å². The largest absolute Gasteiger partial charge is 0.452 e. The third kappa shape index (κ3) is 3.69. The van der Waals surface area contributed by atoms with Gasteiger partial charge in [-0.25, -0.2) is 13.1 Å². The van der Waals surface area contributed by atoms with Crippen LogP contribution in [0.3, 0.4) is 0 Å². The maximum Gasteiger partial charge on any atom is 0.244 e. The van der Waals surface area contributed by atoms with Gasteiger partial charge in [-0.05, 0) is 27.9 Å². The van der Waals surface area contributed by atoms with E-state index in [4.69, 9.17) is 10.2 Å². The molecule has 0 unspecified atom stereocenters. The van der Waals surface area contributed by atoms with E-state index in [0.29, 0.717) is 18.7 Å². The van der Waals surface area contributed by atoms with Gasteiger partial charge in [0.25, 0.3) is 0 Å². The molecule has 0 bridgehead atoms. The van der Waals surface area contributed by atoms with Gasteiger partial charge >= 0.3 is 0 Å². The Morgan fingerprint density at radius 3 is 2.55 bits per heavy atom. The summed E-state index contributed by atoms with van der Waals surface area (Å²) in [5, 5.41) is 0. The molecule has 1 aromatic heterocycles. The van der Waals surface area contributed by atoms with Gasteiger partial charge in [0.2, 0.25) is 10.0 Å². The van der Waals surface area contributed by atoms with E-state index in [2.05, 4.69) is 20.7 Å². The van der Waals surface area contributed by atoms with Gasteiger partial charge in [0, 0.05) is 12.6 Å². The van der Waals surface area contributed by atoms with Crippen molar-refractivity contribution in [1.82, 2.24) is 4.72 Å². The monoisotopic (exact) mass is 358 g/mol. The van der Waals surface area contributed by atoms with E-state index in [9.17, 15) is 8.42 Å². The highest BCUT2D eigenvalue weighted by Gasteiger charge is 2.21. The van der Waals surface area contributed by atoms with Crippen molar-refractivity contribution >= 4 is 26.0 Å². The van der Waals surface area contributed by atoms with Crippen molar-refractivity contribution in [2.75, 3.05) is 6.54 Å². The van der Waals surface area contributed by atoms with Gasteiger partial charge in [-0.15, -0.1) is 0 Å². The lowest BCUT2D eigenvalue weighted by atomic mass is 10.2. The standard InChI is InChI=1S/C13H15BrN2O3S/c14-13-12(8-11(9-15)19-13)20(17,18)16-7-6-10-4-2-1-3-5-10/h1-5,8,16H,6-7,9,15H2. The third-order valence-electron chi connectivity index (χ3n) is 2.75. The summed E-state index contributed by atoms with van der Waals surface area (Å²) in [6.07, 6.45) is 0.624. The lowest BCUT2D eigenvalue weighted by Gasteiger charge is -2.05. The zero-order valence-electron chi connectivity index (χ0n) is 10.7. The van der Waals surface area contributed by atoms with Crippen LogP contribution >= 0.6 is 15.9 Å². The molecule has 0 amide bonds. The number of hydrogen-bond acceptors (Lipinski definition) is 4. The summed E-state index contributed by atoms with van der Waals surface area (Å²) < 4.78 is 32.2. The highest BCUT2D eigenvalue weighted by atomic mass is 79.9. The molecule has 0 saturated carbocycles. The Kier molecular flexibility index (Phi) is 4.98. The molecule has 0 aliphatic carbocycles. The Balaban J connectivity index is 2.02. The van der Waals surface area contributed by atoms with Crippen LogP contribution in [0.25, 0.3) is 0 Å². The predicted octanol–water partition coefficient (Wildman–Crippen LogP) is 2.02. The molecule has 0 fully saturated rings. The summed E-state index contributed by atoms with van der Waals surface area (Å²) in [5.74, 6) is 0.417. The van der Waals surface area contributed by atoms with E-state index in [1.165, 1.54) is 6.07 Å². The quantitative estimate of drug-likeness (QED) is 0.826. The molecule has 108 valence electrons. The number of nitrogens with one attached hydrogen (secondary N) is 1. The molecule has 0 atom stereocenters. The number of hydrogen-bond donors (Lipinski definition) is 2. The van der Waals surface area contributed by atoms with Crippen molar-refractivity contribution in [2.45, 2.75) is 17.9 Å². The average Bonchev–Trinajstić information content (AvgIpc) is 2.82. The van der Waals surface area contributed by atoms with Crippen LogP contribution in [-0.4, -0.2) is 15.0 Å². The van der Waals surface area contributed by atoms with Crippen molar-refractivity contribution in [2.24, 2.45) is 5.73 Å². The molecule has 0 aliphatic rings. The zero-order chi connectivity index (χ0) is 14.6. The van der Waals surface area contributed by atoms with E-state index in [1.807, 2.05) is 30.3 Å². The molecule has 7 heteroatoms. The molecule has 1 heterocycles. The molecule has 0 radical (unpaired) electrons. The van der Waals surface area contributed by atoms with Crippen LogP contribution in [0.15, 0.2) is 50.4 Å². The number of sulfonamides is 1. The fraction of sp³-hybridized carbons (Fsp3) is 0.231. The summed E-state index contributed by atoms with van der Waals surface area (Å²) in [6, 6.07) is 11.1. The van der Waals surface area contributed by atoms with Crippen molar-refractivity contribution in [3.8, 4) is 0 Å². The molecule has 2 rings (SSSR count). The summed E-state index contributed by atoms with van der Waals surface area (Å²) >= 11 is 3.09. The van der Waals surface area contributed by atoms with Crippen molar-refractivity contribution < 1.29 is 12.8 Å². The topological polar surface area (TPSA) is 85.3 Å². The molecular weight excluding hydrogens is 344 g/mol.